The van der Waals surface area contributed by atoms with Crippen LogP contribution < -0.4 is 11.1 Å². The molecule has 1 unspecified atom stereocenters. The summed E-state index contributed by atoms with van der Waals surface area (Å²) in [6, 6.07) is 12.8. The molecular weight excluding hydrogens is 258 g/mol. The van der Waals surface area contributed by atoms with E-state index in [1.54, 1.807) is 0 Å². The molecule has 3 N–H and O–H groups in total. The summed E-state index contributed by atoms with van der Waals surface area (Å²) in [5, 5.41) is 3.71. The van der Waals surface area contributed by atoms with Gasteiger partial charge in [0.25, 0.3) is 0 Å². The molecule has 0 bridgehead atoms. The van der Waals surface area contributed by atoms with Gasteiger partial charge in [-0.2, -0.15) is 0 Å². The Morgan fingerprint density at radius 2 is 1.95 bits per heavy atom. The fourth-order valence-electron chi connectivity index (χ4n) is 3.15. The van der Waals surface area contributed by atoms with Gasteiger partial charge < -0.3 is 11.1 Å². The van der Waals surface area contributed by atoms with Crippen molar-refractivity contribution in [2.45, 2.75) is 44.8 Å². The average molecular weight is 281 g/mol. The highest BCUT2D eigenvalue weighted by molar-refractivity contribution is 5.30. The Hall–Kier alpha value is -1.71. The van der Waals surface area contributed by atoms with Crippen LogP contribution in [0.4, 0.5) is 0 Å². The van der Waals surface area contributed by atoms with Crippen molar-refractivity contribution in [1.82, 2.24) is 10.3 Å². The van der Waals surface area contributed by atoms with Gasteiger partial charge in [0.05, 0.1) is 11.2 Å². The average Bonchev–Trinajstić information content (AvgIpc) is 2.54. The minimum Gasteiger partial charge on any atom is -0.326 e. The quantitative estimate of drug-likeness (QED) is 0.906. The number of nitrogens with one attached hydrogen (secondary N) is 1. The monoisotopic (exact) mass is 281 g/mol. The second-order valence-electron chi connectivity index (χ2n) is 6.07. The van der Waals surface area contributed by atoms with Crippen molar-refractivity contribution in [2.24, 2.45) is 5.73 Å². The van der Waals surface area contributed by atoms with Crippen LogP contribution in [0.25, 0.3) is 0 Å². The molecule has 1 aliphatic carbocycles. The zero-order chi connectivity index (χ0) is 14.7. The third kappa shape index (κ3) is 2.99. The second-order valence-corrected chi connectivity index (χ2v) is 6.07. The van der Waals surface area contributed by atoms with E-state index in [1.807, 2.05) is 12.3 Å². The molecule has 1 aromatic carbocycles. The zero-order valence-corrected chi connectivity index (χ0v) is 12.6. The normalized spacial score (nSPS) is 21.0. The fourth-order valence-corrected chi connectivity index (χ4v) is 3.15. The van der Waals surface area contributed by atoms with E-state index in [9.17, 15) is 0 Å². The molecule has 1 aliphatic rings. The summed E-state index contributed by atoms with van der Waals surface area (Å²) in [6.07, 6.45) is 5.40. The smallest absolute Gasteiger partial charge is 0.0633 e. The number of nitrogens with zero attached hydrogens (tertiary/aromatic N) is 1. The molecule has 0 aliphatic heterocycles. The van der Waals surface area contributed by atoms with Gasteiger partial charge in [0.2, 0.25) is 0 Å². The standard InChI is InChI=1S/C18H23N3/c1-18(10-2-4-16-5-3-11-20-17(16)18)21-13-15-8-6-14(12-19)7-9-15/h3,5-9,11,21H,2,4,10,12-13,19H2,1H3. The Bertz CT molecular complexity index is 606. The van der Waals surface area contributed by atoms with Gasteiger partial charge in [0.15, 0.2) is 0 Å². The van der Waals surface area contributed by atoms with Crippen molar-refractivity contribution in [3.05, 3.63) is 65.0 Å². The molecule has 1 atom stereocenters. The first kappa shape index (κ1) is 14.2. The molecule has 1 aromatic heterocycles. The van der Waals surface area contributed by atoms with Crippen LogP contribution in [0, 0.1) is 0 Å². The maximum atomic E-state index is 5.64. The van der Waals surface area contributed by atoms with Gasteiger partial charge >= 0.3 is 0 Å². The minimum atomic E-state index is -0.0264. The summed E-state index contributed by atoms with van der Waals surface area (Å²) in [5.74, 6) is 0. The Labute approximate surface area is 126 Å². The number of benzene rings is 1. The summed E-state index contributed by atoms with van der Waals surface area (Å²) in [5.41, 5.74) is 10.7. The molecule has 1 heterocycles. The van der Waals surface area contributed by atoms with E-state index in [1.165, 1.54) is 28.8 Å². The van der Waals surface area contributed by atoms with E-state index in [4.69, 9.17) is 5.73 Å². The Morgan fingerprint density at radius 1 is 1.19 bits per heavy atom. The lowest BCUT2D eigenvalue weighted by Crippen LogP contribution is -2.42. The molecule has 0 saturated heterocycles. The van der Waals surface area contributed by atoms with Crippen molar-refractivity contribution in [3.8, 4) is 0 Å². The number of hydrogen-bond acceptors (Lipinski definition) is 3. The number of nitrogens with two attached hydrogens (primary N) is 1. The maximum Gasteiger partial charge on any atom is 0.0633 e. The summed E-state index contributed by atoms with van der Waals surface area (Å²) in [7, 11) is 0. The Morgan fingerprint density at radius 3 is 2.71 bits per heavy atom. The molecular formula is C18H23N3. The summed E-state index contributed by atoms with van der Waals surface area (Å²) in [4.78, 5) is 4.63. The minimum absolute atomic E-state index is 0.0264. The lowest BCUT2D eigenvalue weighted by Gasteiger charge is -2.36. The molecule has 2 aromatic rings. The second kappa shape index (κ2) is 5.96. The summed E-state index contributed by atoms with van der Waals surface area (Å²) in [6.45, 7) is 3.73. The molecule has 0 spiro atoms. The Balaban J connectivity index is 1.75. The first-order valence-electron chi connectivity index (χ1n) is 7.68. The van der Waals surface area contributed by atoms with Gasteiger partial charge in [-0.05, 0) is 48.9 Å². The van der Waals surface area contributed by atoms with Crippen LogP contribution in [-0.4, -0.2) is 4.98 Å². The van der Waals surface area contributed by atoms with Crippen molar-refractivity contribution < 1.29 is 0 Å². The van der Waals surface area contributed by atoms with Crippen LogP contribution in [0.15, 0.2) is 42.6 Å². The van der Waals surface area contributed by atoms with Gasteiger partial charge in [-0.25, -0.2) is 0 Å². The van der Waals surface area contributed by atoms with E-state index in [2.05, 4.69) is 47.6 Å². The van der Waals surface area contributed by atoms with Crippen LogP contribution in [-0.2, 0) is 25.0 Å². The van der Waals surface area contributed by atoms with Crippen molar-refractivity contribution >= 4 is 0 Å². The van der Waals surface area contributed by atoms with Crippen LogP contribution in [0.2, 0.25) is 0 Å². The molecule has 0 saturated carbocycles. The number of aryl methyl sites for hydroxylation is 1. The summed E-state index contributed by atoms with van der Waals surface area (Å²) < 4.78 is 0. The SMILES string of the molecule is CC1(NCc2ccc(CN)cc2)CCCc2cccnc21. The van der Waals surface area contributed by atoms with Crippen LogP contribution in [0.5, 0.6) is 0 Å². The third-order valence-electron chi connectivity index (χ3n) is 4.48. The molecule has 0 fully saturated rings. The van der Waals surface area contributed by atoms with E-state index in [0.717, 1.165) is 19.4 Å². The Kier molecular flexibility index (Phi) is 4.04. The molecule has 21 heavy (non-hydrogen) atoms. The largest absolute Gasteiger partial charge is 0.326 e. The van der Waals surface area contributed by atoms with E-state index >= 15 is 0 Å². The number of pyridine rings is 1. The number of fused-ring (bicyclic) bond motifs is 1. The highest BCUT2D eigenvalue weighted by Crippen LogP contribution is 2.33. The number of aromatic nitrogens is 1. The summed E-state index contributed by atoms with van der Waals surface area (Å²) >= 11 is 0. The van der Waals surface area contributed by atoms with Crippen LogP contribution in [0.1, 0.15) is 42.1 Å². The van der Waals surface area contributed by atoms with Crippen LogP contribution >= 0.6 is 0 Å². The van der Waals surface area contributed by atoms with Gasteiger partial charge in [-0.1, -0.05) is 30.3 Å². The van der Waals surface area contributed by atoms with Crippen LogP contribution in [0.3, 0.4) is 0 Å². The van der Waals surface area contributed by atoms with Gasteiger partial charge in [-0.15, -0.1) is 0 Å². The van der Waals surface area contributed by atoms with Crippen molar-refractivity contribution in [3.63, 3.8) is 0 Å². The highest BCUT2D eigenvalue weighted by atomic mass is 15.0. The predicted molar refractivity (Wildman–Crippen MR) is 85.7 cm³/mol. The van der Waals surface area contributed by atoms with Gasteiger partial charge in [0, 0.05) is 19.3 Å². The van der Waals surface area contributed by atoms with Crippen molar-refractivity contribution in [1.29, 1.82) is 0 Å². The lowest BCUT2D eigenvalue weighted by molar-refractivity contribution is 0.301. The van der Waals surface area contributed by atoms with E-state index in [0.29, 0.717) is 6.54 Å². The zero-order valence-electron chi connectivity index (χ0n) is 12.6. The fraction of sp³-hybridized carbons (Fsp3) is 0.389. The molecule has 3 rings (SSSR count). The van der Waals surface area contributed by atoms with E-state index < -0.39 is 0 Å². The molecule has 3 nitrogen and oxygen atoms in total. The molecule has 0 radical (unpaired) electrons. The molecule has 3 heteroatoms. The molecule has 0 amide bonds. The number of rotatable bonds is 4. The highest BCUT2D eigenvalue weighted by Gasteiger charge is 2.32. The maximum absolute atomic E-state index is 5.64. The first-order valence-corrected chi connectivity index (χ1v) is 7.68. The lowest BCUT2D eigenvalue weighted by atomic mass is 9.81. The van der Waals surface area contributed by atoms with Gasteiger partial charge in [-0.3, -0.25) is 4.98 Å². The first-order chi connectivity index (χ1) is 10.2. The topological polar surface area (TPSA) is 50.9 Å². The molecule has 110 valence electrons. The van der Waals surface area contributed by atoms with Gasteiger partial charge in [0.1, 0.15) is 0 Å². The predicted octanol–water partition coefficient (Wildman–Crippen LogP) is 2.88. The third-order valence-corrected chi connectivity index (χ3v) is 4.48. The van der Waals surface area contributed by atoms with E-state index in [-0.39, 0.29) is 5.54 Å². The van der Waals surface area contributed by atoms with Crippen molar-refractivity contribution in [2.75, 3.05) is 0 Å². The number of hydrogen-bond donors (Lipinski definition) is 2.